The molecule has 3 heterocycles. The van der Waals surface area contributed by atoms with Gasteiger partial charge in [0.1, 0.15) is 11.5 Å². The third-order valence-corrected chi connectivity index (χ3v) is 3.47. The summed E-state index contributed by atoms with van der Waals surface area (Å²) in [5, 5.41) is 3.36. The highest BCUT2D eigenvalue weighted by Crippen LogP contribution is 2.12. The predicted octanol–water partition coefficient (Wildman–Crippen LogP) is 0.803. The molecule has 2 aromatic heterocycles. The molecule has 3 rings (SSSR count). The molecule has 5 nitrogen and oxygen atoms in total. The van der Waals surface area contributed by atoms with E-state index in [4.69, 9.17) is 0 Å². The number of anilines is 1. The Labute approximate surface area is 111 Å². The van der Waals surface area contributed by atoms with Crippen LogP contribution in [0.4, 0.5) is 5.82 Å². The molecule has 5 heteroatoms. The summed E-state index contributed by atoms with van der Waals surface area (Å²) in [7, 11) is 0. The Hall–Kier alpha value is -1.88. The van der Waals surface area contributed by atoms with Gasteiger partial charge in [0.05, 0.1) is 0 Å². The van der Waals surface area contributed by atoms with Crippen LogP contribution in [-0.2, 0) is 0 Å². The van der Waals surface area contributed by atoms with E-state index in [1.165, 1.54) is 0 Å². The number of aromatic nitrogens is 2. The Kier molecular flexibility index (Phi) is 3.21. The third-order valence-electron chi connectivity index (χ3n) is 3.47. The average molecular weight is 258 g/mol. The molecule has 19 heavy (non-hydrogen) atoms. The highest BCUT2D eigenvalue weighted by molar-refractivity contribution is 5.49. The Morgan fingerprint density at radius 3 is 3.05 bits per heavy atom. The summed E-state index contributed by atoms with van der Waals surface area (Å²) >= 11 is 0. The number of aryl methyl sites for hydroxylation is 1. The molecule has 0 amide bonds. The predicted molar refractivity (Wildman–Crippen MR) is 75.9 cm³/mol. The van der Waals surface area contributed by atoms with Crippen molar-refractivity contribution in [1.29, 1.82) is 0 Å². The summed E-state index contributed by atoms with van der Waals surface area (Å²) in [6.45, 7) is 5.82. The van der Waals surface area contributed by atoms with Gasteiger partial charge in [-0.2, -0.15) is 0 Å². The maximum Gasteiger partial charge on any atom is 0.259 e. The van der Waals surface area contributed by atoms with Gasteiger partial charge >= 0.3 is 0 Å². The van der Waals surface area contributed by atoms with Gasteiger partial charge in [-0.1, -0.05) is 0 Å². The molecule has 0 saturated carbocycles. The van der Waals surface area contributed by atoms with Gasteiger partial charge in [-0.3, -0.25) is 9.20 Å². The van der Waals surface area contributed by atoms with Gasteiger partial charge in [-0.25, -0.2) is 4.98 Å². The maximum absolute atomic E-state index is 12.1. The van der Waals surface area contributed by atoms with Gasteiger partial charge in [0.15, 0.2) is 0 Å². The summed E-state index contributed by atoms with van der Waals surface area (Å²) in [6, 6.07) is 5.50. The van der Waals surface area contributed by atoms with E-state index < -0.39 is 0 Å². The molecule has 0 bridgehead atoms. The average Bonchev–Trinajstić information content (AvgIpc) is 2.66. The molecule has 1 saturated heterocycles. The molecule has 1 aliphatic heterocycles. The normalized spacial score (nSPS) is 16.6. The van der Waals surface area contributed by atoms with E-state index in [1.807, 2.05) is 19.1 Å². The summed E-state index contributed by atoms with van der Waals surface area (Å²) in [4.78, 5) is 18.9. The van der Waals surface area contributed by atoms with Crippen molar-refractivity contribution in [2.75, 3.05) is 31.1 Å². The minimum Gasteiger partial charge on any atom is -0.355 e. The molecule has 0 radical (unpaired) electrons. The number of nitrogens with one attached hydrogen (secondary N) is 1. The number of nitrogens with zero attached hydrogens (tertiary/aromatic N) is 3. The minimum atomic E-state index is -0.0165. The molecule has 0 aromatic carbocycles. The highest BCUT2D eigenvalue weighted by atomic mass is 16.1. The Balaban J connectivity index is 2.06. The fourth-order valence-electron chi connectivity index (χ4n) is 2.43. The Bertz CT molecular complexity index is 641. The van der Waals surface area contributed by atoms with E-state index in [0.29, 0.717) is 0 Å². The molecule has 100 valence electrons. The molecule has 1 aliphatic rings. The smallest absolute Gasteiger partial charge is 0.259 e. The highest BCUT2D eigenvalue weighted by Gasteiger charge is 2.12. The monoisotopic (exact) mass is 258 g/mol. The van der Waals surface area contributed by atoms with E-state index in [-0.39, 0.29) is 5.56 Å². The van der Waals surface area contributed by atoms with Crippen LogP contribution in [0.25, 0.3) is 5.65 Å². The first-order chi connectivity index (χ1) is 9.24. The second-order valence-corrected chi connectivity index (χ2v) is 4.98. The van der Waals surface area contributed by atoms with Crippen LogP contribution >= 0.6 is 0 Å². The topological polar surface area (TPSA) is 49.6 Å². The maximum atomic E-state index is 12.1. The van der Waals surface area contributed by atoms with Gasteiger partial charge in [-0.15, -0.1) is 0 Å². The molecule has 1 N–H and O–H groups in total. The lowest BCUT2D eigenvalue weighted by molar-refractivity contribution is 0.724. The number of rotatable bonds is 1. The molecular weight excluding hydrogens is 240 g/mol. The van der Waals surface area contributed by atoms with Crippen LogP contribution in [0, 0.1) is 6.92 Å². The number of fused-ring (bicyclic) bond motifs is 1. The molecule has 0 spiro atoms. The fourth-order valence-corrected chi connectivity index (χ4v) is 2.43. The lowest BCUT2D eigenvalue weighted by atomic mass is 10.3. The lowest BCUT2D eigenvalue weighted by Crippen LogP contribution is -2.30. The van der Waals surface area contributed by atoms with Crippen molar-refractivity contribution >= 4 is 11.5 Å². The zero-order valence-electron chi connectivity index (χ0n) is 11.1. The second-order valence-electron chi connectivity index (χ2n) is 4.98. The number of hydrogen-bond acceptors (Lipinski definition) is 4. The first-order valence-corrected chi connectivity index (χ1v) is 6.70. The van der Waals surface area contributed by atoms with Gasteiger partial charge in [0.2, 0.25) is 0 Å². The number of hydrogen-bond donors (Lipinski definition) is 1. The lowest BCUT2D eigenvalue weighted by Gasteiger charge is -2.21. The van der Waals surface area contributed by atoms with Gasteiger partial charge < -0.3 is 10.2 Å². The van der Waals surface area contributed by atoms with Crippen molar-refractivity contribution in [2.45, 2.75) is 13.3 Å². The molecule has 0 aliphatic carbocycles. The minimum absolute atomic E-state index is 0.0165. The summed E-state index contributed by atoms with van der Waals surface area (Å²) < 4.78 is 1.59. The van der Waals surface area contributed by atoms with Crippen LogP contribution in [0.2, 0.25) is 0 Å². The van der Waals surface area contributed by atoms with Crippen LogP contribution < -0.4 is 15.8 Å². The van der Waals surface area contributed by atoms with Crippen LogP contribution in [0.15, 0.2) is 29.2 Å². The van der Waals surface area contributed by atoms with Crippen LogP contribution in [0.1, 0.15) is 12.0 Å². The van der Waals surface area contributed by atoms with Crippen LogP contribution in [-0.4, -0.2) is 35.6 Å². The number of pyridine rings is 1. The van der Waals surface area contributed by atoms with Crippen LogP contribution in [0.3, 0.4) is 0 Å². The van der Waals surface area contributed by atoms with E-state index in [0.717, 1.165) is 49.6 Å². The second kappa shape index (κ2) is 5.01. The van der Waals surface area contributed by atoms with Gasteiger partial charge in [-0.05, 0) is 37.6 Å². The molecule has 1 fully saturated rings. The van der Waals surface area contributed by atoms with Crippen molar-refractivity contribution < 1.29 is 0 Å². The molecule has 2 aromatic rings. The Morgan fingerprint density at radius 2 is 2.16 bits per heavy atom. The molecule has 0 unspecified atom stereocenters. The van der Waals surface area contributed by atoms with Gasteiger partial charge in [0.25, 0.3) is 5.56 Å². The summed E-state index contributed by atoms with van der Waals surface area (Å²) in [6.07, 6.45) is 2.86. The van der Waals surface area contributed by atoms with Crippen molar-refractivity contribution in [1.82, 2.24) is 14.7 Å². The fraction of sp³-hybridized carbons (Fsp3) is 0.429. The third kappa shape index (κ3) is 2.46. The molecule has 0 atom stereocenters. The van der Waals surface area contributed by atoms with E-state index in [1.54, 1.807) is 16.7 Å². The summed E-state index contributed by atoms with van der Waals surface area (Å²) in [5.41, 5.74) is 1.82. The van der Waals surface area contributed by atoms with Crippen molar-refractivity contribution in [3.8, 4) is 0 Å². The zero-order chi connectivity index (χ0) is 13.2. The SMILES string of the molecule is Cc1ccn2c(=O)cc(N3CCCNCC3)nc2c1. The first kappa shape index (κ1) is 12.2. The van der Waals surface area contributed by atoms with Crippen molar-refractivity contribution in [3.05, 3.63) is 40.3 Å². The zero-order valence-corrected chi connectivity index (χ0v) is 11.1. The van der Waals surface area contributed by atoms with E-state index in [2.05, 4.69) is 15.2 Å². The molecular formula is C14H18N4O. The quantitative estimate of drug-likeness (QED) is 0.822. The van der Waals surface area contributed by atoms with Crippen molar-refractivity contribution in [3.63, 3.8) is 0 Å². The first-order valence-electron chi connectivity index (χ1n) is 6.70. The standard InChI is InChI=1S/C14H18N4O/c1-11-3-7-18-13(9-11)16-12(10-14(18)19)17-6-2-4-15-5-8-17/h3,7,9-10,15H,2,4-6,8H2,1H3. The van der Waals surface area contributed by atoms with Gasteiger partial charge in [0, 0.05) is 31.9 Å². The van der Waals surface area contributed by atoms with E-state index in [9.17, 15) is 4.79 Å². The Morgan fingerprint density at radius 1 is 1.26 bits per heavy atom. The summed E-state index contributed by atoms with van der Waals surface area (Å²) in [5.74, 6) is 0.791. The largest absolute Gasteiger partial charge is 0.355 e. The van der Waals surface area contributed by atoms with Crippen LogP contribution in [0.5, 0.6) is 0 Å². The van der Waals surface area contributed by atoms with Crippen molar-refractivity contribution in [2.24, 2.45) is 0 Å². The van der Waals surface area contributed by atoms with E-state index >= 15 is 0 Å².